The molecule has 0 aliphatic rings. The van der Waals surface area contributed by atoms with Crippen LogP contribution in [-0.4, -0.2) is 41.5 Å². The van der Waals surface area contributed by atoms with Gasteiger partial charge < -0.3 is 10.2 Å². The van der Waals surface area contributed by atoms with Crippen LogP contribution in [0.2, 0.25) is 0 Å². The van der Waals surface area contributed by atoms with Crippen molar-refractivity contribution in [3.05, 3.63) is 40.7 Å². The summed E-state index contributed by atoms with van der Waals surface area (Å²) in [4.78, 5) is 17.0. The van der Waals surface area contributed by atoms with Crippen LogP contribution in [0.1, 0.15) is 20.3 Å². The van der Waals surface area contributed by atoms with Gasteiger partial charge >= 0.3 is 0 Å². The molecule has 0 radical (unpaired) electrons. The topological polar surface area (TPSA) is 71.3 Å². The molecule has 1 aromatic carbocycles. The average molecular weight is 316 g/mol. The fraction of sp³-hybridized carbons (Fsp3) is 0.471. The van der Waals surface area contributed by atoms with Gasteiger partial charge in [0.1, 0.15) is 0 Å². The molecule has 1 heterocycles. The standard InChI is InChI=1S/C17H24N4O2/c1-12(2)9-13(20(3)4)10-19-16-5-6-17(21(22)23)15-11-18-8-7-14(15)16/h5-8,11-13,19H,9-10H2,1-4H3/t13-/m1/s1. The zero-order valence-electron chi connectivity index (χ0n) is 14.1. The highest BCUT2D eigenvalue weighted by Crippen LogP contribution is 2.30. The molecule has 23 heavy (non-hydrogen) atoms. The van der Waals surface area contributed by atoms with E-state index in [1.54, 1.807) is 24.5 Å². The molecule has 6 nitrogen and oxygen atoms in total. The van der Waals surface area contributed by atoms with Gasteiger partial charge in [-0.3, -0.25) is 15.1 Å². The molecule has 0 amide bonds. The number of nitrogens with one attached hydrogen (secondary N) is 1. The van der Waals surface area contributed by atoms with E-state index in [1.807, 2.05) is 6.07 Å². The fourth-order valence-corrected chi connectivity index (χ4v) is 2.74. The van der Waals surface area contributed by atoms with Crippen molar-refractivity contribution in [2.75, 3.05) is 26.0 Å². The largest absolute Gasteiger partial charge is 0.383 e. The summed E-state index contributed by atoms with van der Waals surface area (Å²) in [7, 11) is 4.15. The minimum absolute atomic E-state index is 0.0880. The second kappa shape index (κ2) is 7.37. The Labute approximate surface area is 136 Å². The van der Waals surface area contributed by atoms with Crippen LogP contribution in [0.25, 0.3) is 10.8 Å². The van der Waals surface area contributed by atoms with E-state index in [4.69, 9.17) is 0 Å². The Morgan fingerprint density at radius 3 is 2.61 bits per heavy atom. The molecule has 0 saturated heterocycles. The van der Waals surface area contributed by atoms with E-state index in [1.165, 1.54) is 0 Å². The van der Waals surface area contributed by atoms with E-state index in [0.29, 0.717) is 17.3 Å². The van der Waals surface area contributed by atoms with Crippen molar-refractivity contribution in [2.45, 2.75) is 26.3 Å². The molecule has 6 heteroatoms. The second-order valence-corrected chi connectivity index (χ2v) is 6.44. The number of benzene rings is 1. The first kappa shape index (κ1) is 17.1. The highest BCUT2D eigenvalue weighted by molar-refractivity contribution is 5.99. The predicted molar refractivity (Wildman–Crippen MR) is 93.8 cm³/mol. The Morgan fingerprint density at radius 2 is 2.00 bits per heavy atom. The fourth-order valence-electron chi connectivity index (χ4n) is 2.74. The third kappa shape index (κ3) is 4.16. The lowest BCUT2D eigenvalue weighted by Crippen LogP contribution is -2.35. The Balaban J connectivity index is 2.27. The number of nitrogens with zero attached hydrogens (tertiary/aromatic N) is 3. The van der Waals surface area contributed by atoms with Gasteiger partial charge in [-0.1, -0.05) is 13.8 Å². The van der Waals surface area contributed by atoms with Crippen molar-refractivity contribution >= 4 is 22.1 Å². The van der Waals surface area contributed by atoms with Crippen molar-refractivity contribution in [3.63, 3.8) is 0 Å². The minimum atomic E-state index is -0.366. The molecule has 1 N–H and O–H groups in total. The maximum absolute atomic E-state index is 11.2. The van der Waals surface area contributed by atoms with E-state index >= 15 is 0 Å². The molecule has 0 saturated carbocycles. The number of hydrogen-bond acceptors (Lipinski definition) is 5. The molecular formula is C17H24N4O2. The third-order valence-electron chi connectivity index (χ3n) is 3.99. The van der Waals surface area contributed by atoms with Gasteiger partial charge in [0.15, 0.2) is 0 Å². The number of nitro benzene ring substituents is 1. The highest BCUT2D eigenvalue weighted by Gasteiger charge is 2.16. The first-order chi connectivity index (χ1) is 10.9. The summed E-state index contributed by atoms with van der Waals surface area (Å²) in [5.74, 6) is 0.613. The second-order valence-electron chi connectivity index (χ2n) is 6.44. The Hall–Kier alpha value is -2.21. The Bertz CT molecular complexity index is 685. The molecule has 2 rings (SSSR count). The van der Waals surface area contributed by atoms with E-state index in [9.17, 15) is 10.1 Å². The smallest absolute Gasteiger partial charge is 0.278 e. The van der Waals surface area contributed by atoms with Crippen LogP contribution in [0.15, 0.2) is 30.6 Å². The Morgan fingerprint density at radius 1 is 1.26 bits per heavy atom. The van der Waals surface area contributed by atoms with Crippen LogP contribution in [0.3, 0.4) is 0 Å². The molecule has 0 unspecified atom stereocenters. The van der Waals surface area contributed by atoms with Crippen molar-refractivity contribution in [1.29, 1.82) is 0 Å². The summed E-state index contributed by atoms with van der Waals surface area (Å²) >= 11 is 0. The lowest BCUT2D eigenvalue weighted by atomic mass is 10.0. The van der Waals surface area contributed by atoms with Gasteiger partial charge in [-0.2, -0.15) is 0 Å². The summed E-state index contributed by atoms with van der Waals surface area (Å²) in [5, 5.41) is 16.0. The molecule has 0 bridgehead atoms. The van der Waals surface area contributed by atoms with Gasteiger partial charge in [0, 0.05) is 42.1 Å². The van der Waals surface area contributed by atoms with Gasteiger partial charge in [-0.15, -0.1) is 0 Å². The van der Waals surface area contributed by atoms with E-state index < -0.39 is 0 Å². The molecule has 0 fully saturated rings. The van der Waals surface area contributed by atoms with Gasteiger partial charge in [-0.25, -0.2) is 0 Å². The normalized spacial score (nSPS) is 12.8. The first-order valence-corrected chi connectivity index (χ1v) is 7.81. The van der Waals surface area contributed by atoms with Crippen LogP contribution in [-0.2, 0) is 0 Å². The van der Waals surface area contributed by atoms with E-state index in [0.717, 1.165) is 24.0 Å². The van der Waals surface area contributed by atoms with Crippen LogP contribution in [0.5, 0.6) is 0 Å². The molecule has 1 atom stereocenters. The van der Waals surface area contributed by atoms with Crippen LogP contribution < -0.4 is 5.32 Å². The number of hydrogen-bond donors (Lipinski definition) is 1. The van der Waals surface area contributed by atoms with Crippen molar-refractivity contribution in [1.82, 2.24) is 9.88 Å². The molecule has 124 valence electrons. The predicted octanol–water partition coefficient (Wildman–Crippen LogP) is 3.53. The molecule has 0 spiro atoms. The van der Waals surface area contributed by atoms with E-state index in [-0.39, 0.29) is 10.6 Å². The van der Waals surface area contributed by atoms with Gasteiger partial charge in [-0.05, 0) is 38.6 Å². The zero-order valence-corrected chi connectivity index (χ0v) is 14.1. The number of likely N-dealkylation sites (N-methyl/N-ethyl adjacent to an activating group) is 1. The lowest BCUT2D eigenvalue weighted by molar-refractivity contribution is -0.383. The Kier molecular flexibility index (Phi) is 5.50. The number of nitro groups is 1. The molecule has 1 aromatic heterocycles. The molecule has 2 aromatic rings. The molecule has 0 aliphatic heterocycles. The maximum Gasteiger partial charge on any atom is 0.278 e. The number of pyridine rings is 1. The van der Waals surface area contributed by atoms with Crippen molar-refractivity contribution in [3.8, 4) is 0 Å². The summed E-state index contributed by atoms with van der Waals surface area (Å²) < 4.78 is 0. The molecule has 0 aliphatic carbocycles. The number of anilines is 1. The number of non-ortho nitro benzene ring substituents is 1. The number of aromatic nitrogens is 1. The highest BCUT2D eigenvalue weighted by atomic mass is 16.6. The van der Waals surface area contributed by atoms with Crippen molar-refractivity contribution < 1.29 is 4.92 Å². The number of fused-ring (bicyclic) bond motifs is 1. The SMILES string of the molecule is CC(C)C[C@H](CNc1ccc([N+](=O)[O-])c2cnccc12)N(C)C. The van der Waals surface area contributed by atoms with Gasteiger partial charge in [0.05, 0.1) is 10.3 Å². The minimum Gasteiger partial charge on any atom is -0.383 e. The summed E-state index contributed by atoms with van der Waals surface area (Å²) in [5.41, 5.74) is 0.994. The quantitative estimate of drug-likeness (QED) is 0.625. The van der Waals surface area contributed by atoms with Crippen molar-refractivity contribution in [2.24, 2.45) is 5.92 Å². The van der Waals surface area contributed by atoms with Crippen LogP contribution in [0.4, 0.5) is 11.4 Å². The zero-order chi connectivity index (χ0) is 17.0. The number of rotatable bonds is 7. The molecular weight excluding hydrogens is 292 g/mol. The average Bonchev–Trinajstić information content (AvgIpc) is 2.50. The maximum atomic E-state index is 11.2. The first-order valence-electron chi connectivity index (χ1n) is 7.81. The summed E-state index contributed by atoms with van der Waals surface area (Å²) in [6.07, 6.45) is 4.30. The lowest BCUT2D eigenvalue weighted by Gasteiger charge is -2.27. The van der Waals surface area contributed by atoms with E-state index in [2.05, 4.69) is 43.1 Å². The third-order valence-corrected chi connectivity index (χ3v) is 3.99. The van der Waals surface area contributed by atoms with Crippen LogP contribution >= 0.6 is 0 Å². The summed E-state index contributed by atoms with van der Waals surface area (Å²) in [6, 6.07) is 5.54. The van der Waals surface area contributed by atoms with Crippen LogP contribution in [0, 0.1) is 16.0 Å². The van der Waals surface area contributed by atoms with Gasteiger partial charge in [0.2, 0.25) is 0 Å². The van der Waals surface area contributed by atoms with Gasteiger partial charge in [0.25, 0.3) is 5.69 Å². The monoisotopic (exact) mass is 316 g/mol. The summed E-state index contributed by atoms with van der Waals surface area (Å²) in [6.45, 7) is 5.22.